The van der Waals surface area contributed by atoms with E-state index in [4.69, 9.17) is 5.11 Å². The Morgan fingerprint density at radius 3 is 2.60 bits per heavy atom. The Bertz CT molecular complexity index is 235. The van der Waals surface area contributed by atoms with Gasteiger partial charge in [-0.1, -0.05) is 0 Å². The van der Waals surface area contributed by atoms with E-state index in [1.165, 1.54) is 0 Å². The van der Waals surface area contributed by atoms with Gasteiger partial charge in [-0.3, -0.25) is 0 Å². The van der Waals surface area contributed by atoms with Crippen molar-refractivity contribution < 1.29 is 15.0 Å². The number of aliphatic hydroxyl groups excluding tert-OH is 1. The van der Waals surface area contributed by atoms with E-state index in [-0.39, 0.29) is 0 Å². The molecule has 4 nitrogen and oxygen atoms in total. The van der Waals surface area contributed by atoms with E-state index in [2.05, 4.69) is 21.0 Å². The van der Waals surface area contributed by atoms with Crippen LogP contribution < -0.4 is 0 Å². The van der Waals surface area contributed by atoms with Crippen molar-refractivity contribution >= 4 is 38.4 Å². The van der Waals surface area contributed by atoms with Crippen molar-refractivity contribution in [1.82, 2.24) is 0 Å². The molecule has 0 saturated heterocycles. The number of aliphatic imine (C=N–C) groups is 1. The third kappa shape index (κ3) is 6.20. The van der Waals surface area contributed by atoms with Gasteiger partial charge < -0.3 is 0 Å². The second kappa shape index (κ2) is 8.16. The number of hydrogen-bond donors (Lipinski definition) is 2. The van der Waals surface area contributed by atoms with Crippen LogP contribution in [0.1, 0.15) is 19.8 Å². The molecule has 0 rings (SSSR count). The van der Waals surface area contributed by atoms with Crippen LogP contribution in [0.15, 0.2) is 4.99 Å². The van der Waals surface area contributed by atoms with E-state index >= 15 is 0 Å². The van der Waals surface area contributed by atoms with E-state index in [9.17, 15) is 9.90 Å². The number of carbonyl (C=O) groups is 1. The van der Waals surface area contributed by atoms with Crippen molar-refractivity contribution in [1.29, 1.82) is 0 Å². The summed E-state index contributed by atoms with van der Waals surface area (Å²) in [6, 6.07) is -0.755. The first-order valence-corrected chi connectivity index (χ1v) is 6.92. The van der Waals surface area contributed by atoms with E-state index in [0.717, 1.165) is 5.75 Å². The first-order valence-electron chi connectivity index (χ1n) is 4.67. The van der Waals surface area contributed by atoms with Gasteiger partial charge in [0.15, 0.2) is 0 Å². The van der Waals surface area contributed by atoms with Gasteiger partial charge in [0.05, 0.1) is 0 Å². The molecule has 0 fully saturated rings. The van der Waals surface area contributed by atoms with Crippen molar-refractivity contribution in [3.05, 3.63) is 0 Å². The molecule has 1 radical (unpaired) electrons. The average molecular weight is 297 g/mol. The van der Waals surface area contributed by atoms with Gasteiger partial charge in [0.1, 0.15) is 0 Å². The first kappa shape index (κ1) is 15.0. The summed E-state index contributed by atoms with van der Waals surface area (Å²) in [5.74, 6) is -0.198. The molecule has 2 N–H and O–H groups in total. The van der Waals surface area contributed by atoms with Crippen molar-refractivity contribution in [2.75, 3.05) is 12.0 Å². The molecule has 87 valence electrons. The van der Waals surface area contributed by atoms with Gasteiger partial charge in [-0.05, 0) is 0 Å². The van der Waals surface area contributed by atoms with Gasteiger partial charge in [-0.15, -0.1) is 0 Å². The first-order chi connectivity index (χ1) is 7.02. The molecular weight excluding hydrogens is 281 g/mol. The molecule has 1 unspecified atom stereocenters. The normalized spacial score (nSPS) is 16.1. The van der Waals surface area contributed by atoms with Crippen molar-refractivity contribution in [3.63, 3.8) is 0 Å². The van der Waals surface area contributed by atoms with Crippen LogP contribution in [0, 0.1) is 0 Å². The van der Waals surface area contributed by atoms with Crippen molar-refractivity contribution in [3.8, 4) is 0 Å². The maximum absolute atomic E-state index is 10.8. The summed E-state index contributed by atoms with van der Waals surface area (Å²) in [6.45, 7) is 1.81. The van der Waals surface area contributed by atoms with Crippen molar-refractivity contribution in [2.24, 2.45) is 4.99 Å². The summed E-state index contributed by atoms with van der Waals surface area (Å²) in [5.41, 5.74) is 0. The Balaban J connectivity index is 4.43. The molecular formula is C9H16NO3SSe. The molecule has 0 amide bonds. The molecule has 0 bridgehead atoms. The third-order valence-electron chi connectivity index (χ3n) is 1.84. The minimum atomic E-state index is -0.944. The van der Waals surface area contributed by atoms with Gasteiger partial charge in [0, 0.05) is 0 Å². The van der Waals surface area contributed by atoms with Crippen LogP contribution >= 0.6 is 11.8 Å². The zero-order valence-corrected chi connectivity index (χ0v) is 11.4. The average Bonchev–Trinajstić information content (AvgIpc) is 2.22. The molecule has 0 aliphatic carbocycles. The molecule has 0 spiro atoms. The number of carboxylic acids is 1. The Morgan fingerprint density at radius 1 is 1.60 bits per heavy atom. The molecule has 6 heteroatoms. The van der Waals surface area contributed by atoms with E-state index in [1.54, 1.807) is 11.8 Å². The Labute approximate surface area is 102 Å². The Kier molecular flexibility index (Phi) is 8.14. The van der Waals surface area contributed by atoms with Crippen LogP contribution in [0.2, 0.25) is 0 Å². The number of aliphatic carboxylic acids is 1. The standard InChI is InChI=1S/C9H16NO3SSe/c1-3-7(11)8(15)10-6(9(12)13)4-5-14-2/h6-7,11H,3-5H2,1-2H3,(H,12,13)/t6-,7?/m0/s1. The van der Waals surface area contributed by atoms with Gasteiger partial charge in [0.2, 0.25) is 0 Å². The van der Waals surface area contributed by atoms with Crippen LogP contribution in [-0.2, 0) is 4.79 Å². The quantitative estimate of drug-likeness (QED) is 0.531. The zero-order chi connectivity index (χ0) is 11.8. The third-order valence-corrected chi connectivity index (χ3v) is 3.27. The molecule has 0 aromatic carbocycles. The van der Waals surface area contributed by atoms with Crippen LogP contribution in [0.5, 0.6) is 0 Å². The zero-order valence-electron chi connectivity index (χ0n) is 8.84. The van der Waals surface area contributed by atoms with Gasteiger partial charge in [0.25, 0.3) is 0 Å². The fourth-order valence-corrected chi connectivity index (χ4v) is 1.96. The monoisotopic (exact) mass is 298 g/mol. The fraction of sp³-hybridized carbons (Fsp3) is 0.778. The SMILES string of the molecule is CCC(O)C([Se])=N[C@@H](CCSC)C(=O)O. The molecule has 0 heterocycles. The number of carboxylic acid groups (broad SMARTS) is 1. The van der Waals surface area contributed by atoms with Crippen LogP contribution in [-0.4, -0.2) is 61.0 Å². The molecule has 0 saturated carbocycles. The van der Waals surface area contributed by atoms with Crippen LogP contribution in [0.4, 0.5) is 0 Å². The number of nitrogens with zero attached hydrogens (tertiary/aromatic N) is 1. The number of thioether (sulfide) groups is 1. The van der Waals surface area contributed by atoms with Crippen LogP contribution in [0.25, 0.3) is 0 Å². The van der Waals surface area contributed by atoms with E-state index in [0.29, 0.717) is 17.5 Å². The topological polar surface area (TPSA) is 69.9 Å². The molecule has 0 aromatic heterocycles. The second-order valence-corrected chi connectivity index (χ2v) is 4.89. The molecule has 2 atom stereocenters. The van der Waals surface area contributed by atoms with Gasteiger partial charge in [-0.25, -0.2) is 0 Å². The Morgan fingerprint density at radius 2 is 2.20 bits per heavy atom. The van der Waals surface area contributed by atoms with E-state index < -0.39 is 18.1 Å². The number of hydrogen-bond acceptors (Lipinski definition) is 4. The second-order valence-electron chi connectivity index (χ2n) is 3.03. The maximum atomic E-state index is 10.8. The molecule has 0 aliphatic heterocycles. The predicted molar refractivity (Wildman–Crippen MR) is 63.9 cm³/mol. The van der Waals surface area contributed by atoms with Gasteiger partial charge >= 0.3 is 102 Å². The molecule has 0 aromatic rings. The number of rotatable bonds is 7. The van der Waals surface area contributed by atoms with E-state index in [1.807, 2.05) is 13.2 Å². The summed E-state index contributed by atoms with van der Waals surface area (Å²) in [4.78, 5) is 14.8. The summed E-state index contributed by atoms with van der Waals surface area (Å²) in [7, 11) is 0. The summed E-state index contributed by atoms with van der Waals surface area (Å²) in [5, 5.41) is 18.3. The molecule has 15 heavy (non-hydrogen) atoms. The summed E-state index contributed by atoms with van der Waals surface area (Å²) >= 11 is 4.20. The number of aliphatic hydroxyl groups is 1. The Hall–Kier alpha value is -0.0305. The van der Waals surface area contributed by atoms with Gasteiger partial charge in [-0.2, -0.15) is 0 Å². The summed E-state index contributed by atoms with van der Waals surface area (Å²) in [6.07, 6.45) is 2.25. The predicted octanol–water partition coefficient (Wildman–Crippen LogP) is 0.531. The van der Waals surface area contributed by atoms with Crippen LogP contribution in [0.3, 0.4) is 0 Å². The molecule has 0 aliphatic rings. The fourth-order valence-electron chi connectivity index (χ4n) is 0.887. The van der Waals surface area contributed by atoms with Crippen molar-refractivity contribution in [2.45, 2.75) is 31.9 Å². The summed E-state index contributed by atoms with van der Waals surface area (Å²) < 4.78 is 0.381. The minimum absolute atomic E-state index is 0.381.